The number of benzene rings is 5. The van der Waals surface area contributed by atoms with Gasteiger partial charge in [0.2, 0.25) is 0 Å². The van der Waals surface area contributed by atoms with Gasteiger partial charge in [-0.05, 0) is 27.8 Å². The van der Waals surface area contributed by atoms with Crippen LogP contribution in [0.15, 0.2) is 152 Å². The topological polar surface area (TPSA) is 147 Å². The Labute approximate surface area is 380 Å². The molecule has 0 spiro atoms. The van der Waals surface area contributed by atoms with Gasteiger partial charge in [0.05, 0.1) is 46.2 Å². The zero-order chi connectivity index (χ0) is 45.2. The molecule has 0 aliphatic carbocycles. The lowest BCUT2D eigenvalue weighted by molar-refractivity contribution is -0.322. The standard InChI is InChI=1S/C52H58O13/c1-36(53)57-34-44-47(50(60-31-41-24-14-6-15-25-41)51(52(55)65-44)61-32-42-26-16-7-17-27-42)62-35-45-48(63-37(2)54)49(59-30-40-22-12-5-13-23-40)46(58-29-39-20-10-4-11-21-39)43(64-45)33-56-28-38-18-8-3-9-19-38/h3-27,43-52,55H,28-35H2,1-2H3/t43-,44-,45+,46-,47-,48-,49+,50+,51-,52+/m1/s1. The molecule has 65 heavy (non-hydrogen) atoms. The molecule has 344 valence electrons. The van der Waals surface area contributed by atoms with Crippen LogP contribution in [-0.2, 0) is 90.0 Å². The highest BCUT2D eigenvalue weighted by atomic mass is 16.7. The summed E-state index contributed by atoms with van der Waals surface area (Å²) in [5.41, 5.74) is 4.54. The van der Waals surface area contributed by atoms with Crippen molar-refractivity contribution >= 4 is 11.9 Å². The number of hydrogen-bond acceptors (Lipinski definition) is 13. The van der Waals surface area contributed by atoms with E-state index in [0.29, 0.717) is 6.61 Å². The van der Waals surface area contributed by atoms with Crippen LogP contribution in [0.1, 0.15) is 41.7 Å². The van der Waals surface area contributed by atoms with E-state index in [2.05, 4.69) is 0 Å². The van der Waals surface area contributed by atoms with Crippen LogP contribution < -0.4 is 0 Å². The molecule has 0 amide bonds. The van der Waals surface area contributed by atoms with E-state index in [1.54, 1.807) is 0 Å². The fourth-order valence-electron chi connectivity index (χ4n) is 7.92. The number of esters is 2. The average Bonchev–Trinajstić information content (AvgIpc) is 3.33. The first-order valence-corrected chi connectivity index (χ1v) is 22.0. The molecule has 2 aliphatic rings. The van der Waals surface area contributed by atoms with Crippen LogP contribution in [0.25, 0.3) is 0 Å². The van der Waals surface area contributed by atoms with Gasteiger partial charge in [0.15, 0.2) is 12.4 Å². The zero-order valence-corrected chi connectivity index (χ0v) is 36.7. The van der Waals surface area contributed by atoms with E-state index >= 15 is 0 Å². The molecule has 5 aromatic rings. The van der Waals surface area contributed by atoms with Gasteiger partial charge in [-0.1, -0.05) is 152 Å². The Kier molecular flexibility index (Phi) is 18.2. The Balaban J connectivity index is 1.21. The molecule has 2 fully saturated rings. The molecule has 5 aromatic carbocycles. The van der Waals surface area contributed by atoms with Crippen molar-refractivity contribution in [1.29, 1.82) is 0 Å². The number of rotatable bonds is 22. The van der Waals surface area contributed by atoms with Gasteiger partial charge in [-0.3, -0.25) is 9.59 Å². The number of ether oxygens (including phenoxy) is 10. The molecule has 0 bridgehead atoms. The summed E-state index contributed by atoms with van der Waals surface area (Å²) in [6.07, 6.45) is -9.91. The smallest absolute Gasteiger partial charge is 0.303 e. The number of aliphatic hydroxyl groups is 1. The summed E-state index contributed by atoms with van der Waals surface area (Å²) < 4.78 is 64.2. The van der Waals surface area contributed by atoms with E-state index < -0.39 is 73.2 Å². The van der Waals surface area contributed by atoms with Gasteiger partial charge in [-0.15, -0.1) is 0 Å². The van der Waals surface area contributed by atoms with Crippen molar-refractivity contribution in [3.05, 3.63) is 179 Å². The SMILES string of the molecule is CC(=O)OC[C@H]1O[C@H](O)[C@H](OCc2ccccc2)[C@@H](OCc2ccccc2)[C@@H]1OC[C@@H]1O[C@H](COCc2ccccc2)[C@@H](OCc2ccccc2)[C@H](OCc2ccccc2)[C@@H]1OC(C)=O. The summed E-state index contributed by atoms with van der Waals surface area (Å²) in [6, 6.07) is 48.3. The lowest BCUT2D eigenvalue weighted by Gasteiger charge is -2.47. The normalized spacial score (nSPS) is 25.4. The van der Waals surface area contributed by atoms with Gasteiger partial charge in [0.1, 0.15) is 55.4 Å². The number of hydrogen-bond donors (Lipinski definition) is 1. The Morgan fingerprint density at radius 3 is 1.23 bits per heavy atom. The van der Waals surface area contributed by atoms with Crippen molar-refractivity contribution in [3.8, 4) is 0 Å². The molecule has 0 radical (unpaired) electrons. The maximum atomic E-state index is 13.0. The first-order chi connectivity index (χ1) is 31.8. The minimum Gasteiger partial charge on any atom is -0.463 e. The molecule has 13 nitrogen and oxygen atoms in total. The van der Waals surface area contributed by atoms with Gasteiger partial charge < -0.3 is 52.5 Å². The van der Waals surface area contributed by atoms with Crippen molar-refractivity contribution in [3.63, 3.8) is 0 Å². The summed E-state index contributed by atoms with van der Waals surface area (Å²) in [5.74, 6) is -1.11. The van der Waals surface area contributed by atoms with E-state index in [1.165, 1.54) is 13.8 Å². The van der Waals surface area contributed by atoms with Crippen LogP contribution in [0.3, 0.4) is 0 Å². The quantitative estimate of drug-likeness (QED) is 0.0719. The van der Waals surface area contributed by atoms with Crippen LogP contribution in [-0.4, -0.2) is 98.1 Å². The lowest BCUT2D eigenvalue weighted by Crippen LogP contribution is -2.64. The Hall–Kier alpha value is -5.32. The van der Waals surface area contributed by atoms with Crippen molar-refractivity contribution in [2.45, 2.75) is 108 Å². The van der Waals surface area contributed by atoms with Gasteiger partial charge in [-0.25, -0.2) is 0 Å². The minimum atomic E-state index is -1.48. The third-order valence-electron chi connectivity index (χ3n) is 11.1. The summed E-state index contributed by atoms with van der Waals surface area (Å²) in [5, 5.41) is 11.5. The summed E-state index contributed by atoms with van der Waals surface area (Å²) >= 11 is 0. The summed E-state index contributed by atoms with van der Waals surface area (Å²) in [7, 11) is 0. The molecule has 0 unspecified atom stereocenters. The third kappa shape index (κ3) is 14.3. The maximum Gasteiger partial charge on any atom is 0.303 e. The van der Waals surface area contributed by atoms with E-state index in [0.717, 1.165) is 27.8 Å². The van der Waals surface area contributed by atoms with E-state index in [1.807, 2.05) is 152 Å². The van der Waals surface area contributed by atoms with Crippen molar-refractivity contribution in [2.75, 3.05) is 19.8 Å². The van der Waals surface area contributed by atoms with Crippen molar-refractivity contribution in [2.24, 2.45) is 0 Å². The molecular weight excluding hydrogens is 833 g/mol. The molecule has 13 heteroatoms. The molecule has 0 aromatic heterocycles. The average molecular weight is 891 g/mol. The molecule has 1 N–H and O–H groups in total. The highest BCUT2D eigenvalue weighted by Crippen LogP contribution is 2.34. The molecule has 2 heterocycles. The van der Waals surface area contributed by atoms with Crippen LogP contribution in [0.4, 0.5) is 0 Å². The minimum absolute atomic E-state index is 0.0921. The fourth-order valence-corrected chi connectivity index (χ4v) is 7.92. The maximum absolute atomic E-state index is 13.0. The highest BCUT2D eigenvalue weighted by molar-refractivity contribution is 5.66. The van der Waals surface area contributed by atoms with E-state index in [4.69, 9.17) is 47.4 Å². The van der Waals surface area contributed by atoms with Gasteiger partial charge in [0, 0.05) is 13.8 Å². The summed E-state index contributed by atoms with van der Waals surface area (Å²) in [6.45, 7) is 3.22. The predicted octanol–water partition coefficient (Wildman–Crippen LogP) is 6.91. The molecule has 0 saturated carbocycles. The molecular formula is C52H58O13. The number of carbonyl (C=O) groups is 2. The third-order valence-corrected chi connectivity index (χ3v) is 11.1. The molecule has 2 saturated heterocycles. The predicted molar refractivity (Wildman–Crippen MR) is 238 cm³/mol. The second kappa shape index (κ2) is 24.8. The zero-order valence-electron chi connectivity index (χ0n) is 36.7. The second-order valence-corrected chi connectivity index (χ2v) is 16.0. The Morgan fingerprint density at radius 2 is 0.785 bits per heavy atom. The van der Waals surface area contributed by atoms with Gasteiger partial charge in [-0.2, -0.15) is 0 Å². The van der Waals surface area contributed by atoms with E-state index in [9.17, 15) is 14.7 Å². The first-order valence-electron chi connectivity index (χ1n) is 22.0. The Bertz CT molecular complexity index is 2130. The fraction of sp³-hybridized carbons (Fsp3) is 0.385. The first kappa shape index (κ1) is 47.6. The number of aliphatic hydroxyl groups excluding tert-OH is 1. The second-order valence-electron chi connectivity index (χ2n) is 16.0. The van der Waals surface area contributed by atoms with Crippen molar-refractivity contribution < 1.29 is 62.1 Å². The van der Waals surface area contributed by atoms with E-state index in [-0.39, 0.29) is 46.2 Å². The molecule has 7 rings (SSSR count). The molecule has 2 aliphatic heterocycles. The molecule has 10 atom stereocenters. The van der Waals surface area contributed by atoms with Crippen LogP contribution in [0.2, 0.25) is 0 Å². The largest absolute Gasteiger partial charge is 0.463 e. The van der Waals surface area contributed by atoms with Crippen LogP contribution >= 0.6 is 0 Å². The summed E-state index contributed by atoms with van der Waals surface area (Å²) in [4.78, 5) is 25.2. The van der Waals surface area contributed by atoms with Gasteiger partial charge in [0.25, 0.3) is 0 Å². The van der Waals surface area contributed by atoms with Gasteiger partial charge >= 0.3 is 11.9 Å². The van der Waals surface area contributed by atoms with Crippen LogP contribution in [0.5, 0.6) is 0 Å². The van der Waals surface area contributed by atoms with Crippen LogP contribution in [0, 0.1) is 0 Å². The highest BCUT2D eigenvalue weighted by Gasteiger charge is 2.52. The van der Waals surface area contributed by atoms with Crippen molar-refractivity contribution in [1.82, 2.24) is 0 Å². The monoisotopic (exact) mass is 890 g/mol. The lowest BCUT2D eigenvalue weighted by atomic mass is 9.93. The number of carbonyl (C=O) groups excluding carboxylic acids is 2. The Morgan fingerprint density at radius 1 is 0.415 bits per heavy atom.